The van der Waals surface area contributed by atoms with E-state index in [1.165, 1.54) is 7.11 Å². The van der Waals surface area contributed by atoms with E-state index < -0.39 is 94.6 Å². The summed E-state index contributed by atoms with van der Waals surface area (Å²) in [5, 5.41) is 20.3. The SMILES string of the molecule is CCOP(=O)(CP(=O)(OCC)O[C@@H]1O[C@H]([C@H]2COC(C)(C)O2)[C@@H]2OC(C)(C)O[C@H]12)OC[C@H]1O[C@@H](OC)[C@H](O)[C@@H]1O. The van der Waals surface area contributed by atoms with E-state index >= 15 is 0 Å². The molecule has 4 aliphatic heterocycles. The van der Waals surface area contributed by atoms with E-state index in [0.717, 1.165) is 0 Å². The lowest BCUT2D eigenvalue weighted by molar-refractivity contribution is -0.231. The molecule has 4 heterocycles. The van der Waals surface area contributed by atoms with E-state index in [2.05, 4.69) is 0 Å². The van der Waals surface area contributed by atoms with Gasteiger partial charge in [0, 0.05) is 7.11 Å². The van der Waals surface area contributed by atoms with Crippen molar-refractivity contribution in [3.63, 3.8) is 0 Å². The summed E-state index contributed by atoms with van der Waals surface area (Å²) in [5.74, 6) is -2.57. The maximum absolute atomic E-state index is 14.0. The number of aliphatic hydroxyl groups excluding tert-OH is 2. The second-order valence-electron chi connectivity index (χ2n) is 10.8. The highest BCUT2D eigenvalue weighted by Gasteiger charge is 2.61. The highest BCUT2D eigenvalue weighted by Crippen LogP contribution is 2.65. The average Bonchev–Trinajstić information content (AvgIpc) is 3.54. The predicted octanol–water partition coefficient (Wildman–Crippen LogP) is 1.93. The maximum Gasteiger partial charge on any atom is 0.345 e. The van der Waals surface area contributed by atoms with Gasteiger partial charge in [0.05, 0.1) is 26.4 Å². The summed E-state index contributed by atoms with van der Waals surface area (Å²) >= 11 is 0. The third kappa shape index (κ3) is 7.35. The predicted molar refractivity (Wildman–Crippen MR) is 135 cm³/mol. The van der Waals surface area contributed by atoms with Gasteiger partial charge in [0.2, 0.25) is 0 Å². The molecule has 4 saturated heterocycles. The van der Waals surface area contributed by atoms with Gasteiger partial charge in [-0.05, 0) is 41.5 Å². The molecule has 17 heteroatoms. The lowest BCUT2D eigenvalue weighted by Crippen LogP contribution is -2.40. The Morgan fingerprint density at radius 3 is 2.02 bits per heavy atom. The van der Waals surface area contributed by atoms with Gasteiger partial charge in [-0.2, -0.15) is 0 Å². The van der Waals surface area contributed by atoms with Crippen LogP contribution in [0.3, 0.4) is 0 Å². The van der Waals surface area contributed by atoms with E-state index in [0.29, 0.717) is 0 Å². The maximum atomic E-state index is 14.0. The standard InChI is InChI=1S/C23H42O15P2/c1-8-30-39(26,32-11-13-15(24)16(25)20(28-7)33-13)12-40(27,31-9-2)38-21-19-18(36-23(5,6)37-19)17(34-21)14-10-29-22(3,4)35-14/h13-21,24-25H,8-12H2,1-7H3/t13-,14-,15-,16-,17-,18+,19+,20-,21+,39?,40?/m1/s1. The Hall–Kier alpha value is -0.0600. The quantitative estimate of drug-likeness (QED) is 0.285. The molecule has 0 aromatic rings. The average molecular weight is 621 g/mol. The van der Waals surface area contributed by atoms with Crippen molar-refractivity contribution in [2.75, 3.05) is 39.4 Å². The number of hydrogen-bond donors (Lipinski definition) is 2. The van der Waals surface area contributed by atoms with E-state index in [9.17, 15) is 19.3 Å². The van der Waals surface area contributed by atoms with Crippen LogP contribution in [-0.4, -0.2) is 117 Å². The zero-order valence-corrected chi connectivity index (χ0v) is 25.6. The molecule has 4 aliphatic rings. The Labute approximate surface area is 234 Å². The van der Waals surface area contributed by atoms with Gasteiger partial charge in [-0.3, -0.25) is 13.7 Å². The van der Waals surface area contributed by atoms with Gasteiger partial charge < -0.3 is 56.9 Å². The molecule has 40 heavy (non-hydrogen) atoms. The first-order valence-electron chi connectivity index (χ1n) is 13.3. The van der Waals surface area contributed by atoms with Crippen molar-refractivity contribution in [2.45, 2.75) is 108 Å². The van der Waals surface area contributed by atoms with Crippen LogP contribution in [0.1, 0.15) is 41.5 Å². The second kappa shape index (κ2) is 12.5. The highest BCUT2D eigenvalue weighted by atomic mass is 31.2. The van der Waals surface area contributed by atoms with E-state index in [1.54, 1.807) is 41.5 Å². The van der Waals surface area contributed by atoms with Crippen LogP contribution in [0.25, 0.3) is 0 Å². The minimum absolute atomic E-state index is 0.0452. The van der Waals surface area contributed by atoms with Gasteiger partial charge in [-0.25, -0.2) is 0 Å². The Kier molecular flexibility index (Phi) is 10.3. The number of hydrogen-bond acceptors (Lipinski definition) is 15. The summed E-state index contributed by atoms with van der Waals surface area (Å²) in [4.78, 5) is 0. The smallest absolute Gasteiger partial charge is 0.345 e. The van der Waals surface area contributed by atoms with Crippen molar-refractivity contribution in [1.82, 2.24) is 0 Å². The van der Waals surface area contributed by atoms with Crippen molar-refractivity contribution in [1.29, 1.82) is 0 Å². The molecule has 11 atom stereocenters. The van der Waals surface area contributed by atoms with Gasteiger partial charge >= 0.3 is 15.2 Å². The van der Waals surface area contributed by atoms with Crippen LogP contribution in [0.5, 0.6) is 0 Å². The first-order valence-corrected chi connectivity index (χ1v) is 16.8. The van der Waals surface area contributed by atoms with Crippen LogP contribution in [0.4, 0.5) is 0 Å². The Balaban J connectivity index is 1.49. The molecule has 0 aliphatic carbocycles. The Morgan fingerprint density at radius 2 is 1.45 bits per heavy atom. The summed E-state index contributed by atoms with van der Waals surface area (Å²) in [6.45, 7) is 9.91. The Morgan fingerprint density at radius 1 is 0.800 bits per heavy atom. The van der Waals surface area contributed by atoms with Crippen LogP contribution in [-0.2, 0) is 60.4 Å². The minimum atomic E-state index is -4.22. The van der Waals surface area contributed by atoms with Gasteiger partial charge in [0.25, 0.3) is 0 Å². The molecule has 4 fully saturated rings. The molecule has 15 nitrogen and oxygen atoms in total. The van der Waals surface area contributed by atoms with Crippen LogP contribution < -0.4 is 0 Å². The van der Waals surface area contributed by atoms with Crippen molar-refractivity contribution >= 4 is 15.2 Å². The molecule has 0 bridgehead atoms. The number of rotatable bonds is 13. The monoisotopic (exact) mass is 620 g/mol. The van der Waals surface area contributed by atoms with Gasteiger partial charge in [0.1, 0.15) is 42.7 Å². The molecule has 2 unspecified atom stereocenters. The third-order valence-corrected chi connectivity index (χ3v) is 11.8. The van der Waals surface area contributed by atoms with E-state index in [4.69, 9.17) is 51.3 Å². The first-order chi connectivity index (χ1) is 18.6. The number of aliphatic hydroxyl groups is 2. The summed E-state index contributed by atoms with van der Waals surface area (Å²) in [5.41, 5.74) is 0. The second-order valence-corrected chi connectivity index (χ2v) is 15.3. The number of methoxy groups -OCH3 is 1. The molecule has 0 radical (unpaired) electrons. The molecule has 0 aromatic carbocycles. The van der Waals surface area contributed by atoms with E-state index in [-0.39, 0.29) is 19.8 Å². The Bertz CT molecular complexity index is 963. The largest absolute Gasteiger partial charge is 0.387 e. The van der Waals surface area contributed by atoms with Gasteiger partial charge in [0.15, 0.2) is 30.1 Å². The fourth-order valence-electron chi connectivity index (χ4n) is 5.07. The normalized spacial score (nSPS) is 41.6. The van der Waals surface area contributed by atoms with E-state index in [1.807, 2.05) is 0 Å². The zero-order valence-electron chi connectivity index (χ0n) is 23.8. The lowest BCUT2D eigenvalue weighted by atomic mass is 10.1. The zero-order chi connectivity index (χ0) is 29.5. The fraction of sp³-hybridized carbons (Fsp3) is 1.00. The van der Waals surface area contributed by atoms with Crippen LogP contribution in [0.15, 0.2) is 0 Å². The molecule has 0 amide bonds. The topological polar surface area (TPSA) is 176 Å². The molecule has 0 aromatic heterocycles. The van der Waals surface area contributed by atoms with Gasteiger partial charge in [-0.1, -0.05) is 0 Å². The summed E-state index contributed by atoms with van der Waals surface area (Å²) < 4.78 is 90.3. The molecular formula is C23H42O15P2. The molecule has 0 saturated carbocycles. The molecular weight excluding hydrogens is 578 g/mol. The van der Waals surface area contributed by atoms with Crippen molar-refractivity contribution in [2.24, 2.45) is 0 Å². The highest BCUT2D eigenvalue weighted by molar-refractivity contribution is 7.71. The van der Waals surface area contributed by atoms with Crippen molar-refractivity contribution < 1.29 is 70.6 Å². The molecule has 0 spiro atoms. The van der Waals surface area contributed by atoms with Crippen molar-refractivity contribution in [3.8, 4) is 0 Å². The summed E-state index contributed by atoms with van der Waals surface area (Å²) in [7, 11) is -7.08. The van der Waals surface area contributed by atoms with Crippen LogP contribution in [0, 0.1) is 0 Å². The summed E-state index contributed by atoms with van der Waals surface area (Å²) in [6, 6.07) is 0. The third-order valence-electron chi connectivity index (χ3n) is 6.69. The molecule has 4 rings (SSSR count). The number of ether oxygens (including phenoxy) is 7. The van der Waals surface area contributed by atoms with Crippen LogP contribution >= 0.6 is 15.2 Å². The minimum Gasteiger partial charge on any atom is -0.387 e. The van der Waals surface area contributed by atoms with Crippen LogP contribution in [0.2, 0.25) is 0 Å². The molecule has 234 valence electrons. The fourth-order valence-corrected chi connectivity index (χ4v) is 9.80. The van der Waals surface area contributed by atoms with Crippen molar-refractivity contribution in [3.05, 3.63) is 0 Å². The molecule has 2 N–H and O–H groups in total. The van der Waals surface area contributed by atoms with Gasteiger partial charge in [-0.15, -0.1) is 0 Å². The number of fused-ring (bicyclic) bond motifs is 1. The lowest BCUT2D eigenvalue weighted by Gasteiger charge is -2.29. The first kappa shape index (κ1) is 32.8. The summed E-state index contributed by atoms with van der Waals surface area (Å²) in [6.07, 6.45) is -8.72.